The molecule has 0 saturated heterocycles. The Bertz CT molecular complexity index is 418. The number of carbonyl (C=O) groups is 1. The Morgan fingerprint density at radius 2 is 2.21 bits per heavy atom. The maximum absolute atomic E-state index is 11.6. The number of amides is 1. The minimum Gasteiger partial charge on any atom is -0.494 e. The molecule has 1 N–H and O–H groups in total. The van der Waals surface area contributed by atoms with E-state index in [2.05, 4.69) is 11.4 Å². The summed E-state index contributed by atoms with van der Waals surface area (Å²) in [5.41, 5.74) is 1.16. The molecule has 0 aromatic heterocycles. The third kappa shape index (κ3) is 5.15. The lowest BCUT2D eigenvalue weighted by atomic mass is 10.2. The topological polar surface area (TPSA) is 38.3 Å². The van der Waals surface area contributed by atoms with E-state index < -0.39 is 0 Å². The second kappa shape index (κ2) is 7.43. The third-order valence-corrected chi connectivity index (χ3v) is 4.03. The molecule has 1 aliphatic rings. The Hall–Kier alpha value is -1.16. The number of carbonyl (C=O) groups excluding carboxylic acids is 1. The van der Waals surface area contributed by atoms with Crippen LogP contribution in [0.25, 0.3) is 0 Å². The summed E-state index contributed by atoms with van der Waals surface area (Å²) in [6.45, 7) is 3.51. The Kier molecular flexibility index (Phi) is 5.58. The molecule has 1 aromatic rings. The summed E-state index contributed by atoms with van der Waals surface area (Å²) in [4.78, 5) is 11.6. The van der Waals surface area contributed by atoms with Gasteiger partial charge in [-0.25, -0.2) is 0 Å². The van der Waals surface area contributed by atoms with Crippen molar-refractivity contribution in [1.82, 2.24) is 5.32 Å². The first-order valence-corrected chi connectivity index (χ1v) is 8.00. The molecule has 0 aliphatic heterocycles. The molecule has 1 fully saturated rings. The number of nitrogens with one attached hydrogen (secondary N) is 1. The summed E-state index contributed by atoms with van der Waals surface area (Å²) < 4.78 is 5.57. The van der Waals surface area contributed by atoms with Crippen molar-refractivity contribution in [2.75, 3.05) is 18.9 Å². The van der Waals surface area contributed by atoms with Gasteiger partial charge in [-0.2, -0.15) is 0 Å². The summed E-state index contributed by atoms with van der Waals surface area (Å²) in [6, 6.07) is 8.01. The molecule has 0 heterocycles. The van der Waals surface area contributed by atoms with E-state index in [0.29, 0.717) is 12.4 Å². The fourth-order valence-electron chi connectivity index (χ4n) is 1.80. The zero-order chi connectivity index (χ0) is 13.5. The van der Waals surface area contributed by atoms with Crippen molar-refractivity contribution in [3.8, 4) is 5.75 Å². The molecular weight excluding hydrogens is 258 g/mol. The molecule has 19 heavy (non-hydrogen) atoms. The zero-order valence-corrected chi connectivity index (χ0v) is 12.2. The van der Waals surface area contributed by atoms with Gasteiger partial charge in [-0.1, -0.05) is 18.2 Å². The monoisotopic (exact) mass is 279 g/mol. The van der Waals surface area contributed by atoms with Crippen molar-refractivity contribution in [2.24, 2.45) is 5.92 Å². The van der Waals surface area contributed by atoms with E-state index >= 15 is 0 Å². The van der Waals surface area contributed by atoms with Crippen LogP contribution in [0.3, 0.4) is 0 Å². The lowest BCUT2D eigenvalue weighted by molar-refractivity contribution is -0.118. The molecule has 1 aliphatic carbocycles. The van der Waals surface area contributed by atoms with E-state index in [0.717, 1.165) is 29.5 Å². The molecule has 2 rings (SSSR count). The lowest BCUT2D eigenvalue weighted by Gasteiger charge is -2.09. The minimum atomic E-state index is 0.144. The highest BCUT2D eigenvalue weighted by Gasteiger charge is 2.21. The minimum absolute atomic E-state index is 0.144. The molecule has 104 valence electrons. The number of hydrogen-bond acceptors (Lipinski definition) is 3. The van der Waals surface area contributed by atoms with E-state index in [-0.39, 0.29) is 5.91 Å². The number of benzene rings is 1. The van der Waals surface area contributed by atoms with Crippen LogP contribution >= 0.6 is 11.8 Å². The van der Waals surface area contributed by atoms with Gasteiger partial charge in [-0.15, -0.1) is 11.8 Å². The highest BCUT2D eigenvalue weighted by molar-refractivity contribution is 7.99. The van der Waals surface area contributed by atoms with E-state index in [1.807, 2.05) is 25.1 Å². The van der Waals surface area contributed by atoms with Crippen molar-refractivity contribution in [3.05, 3.63) is 29.8 Å². The van der Waals surface area contributed by atoms with Gasteiger partial charge >= 0.3 is 0 Å². The normalized spacial score (nSPS) is 14.2. The van der Waals surface area contributed by atoms with Gasteiger partial charge in [0.25, 0.3) is 0 Å². The molecule has 1 aromatic carbocycles. The Balaban J connectivity index is 1.70. The smallest absolute Gasteiger partial charge is 0.230 e. The summed E-state index contributed by atoms with van der Waals surface area (Å²) in [5.74, 6) is 3.15. The van der Waals surface area contributed by atoms with Crippen LogP contribution in [0.15, 0.2) is 24.3 Å². The molecule has 1 amide bonds. The maximum Gasteiger partial charge on any atom is 0.230 e. The third-order valence-electron chi connectivity index (χ3n) is 3.05. The Morgan fingerprint density at radius 1 is 1.42 bits per heavy atom. The summed E-state index contributed by atoms with van der Waals surface area (Å²) >= 11 is 1.63. The van der Waals surface area contributed by atoms with E-state index in [9.17, 15) is 4.79 Å². The largest absolute Gasteiger partial charge is 0.494 e. The van der Waals surface area contributed by atoms with E-state index in [1.54, 1.807) is 11.8 Å². The van der Waals surface area contributed by atoms with Crippen LogP contribution in [0.4, 0.5) is 0 Å². The molecule has 1 saturated carbocycles. The SMILES string of the molecule is CCOc1ccccc1CSCC(=O)NCC1CC1. The first kappa shape index (κ1) is 14.3. The highest BCUT2D eigenvalue weighted by atomic mass is 32.2. The van der Waals surface area contributed by atoms with Crippen LogP contribution in [0.2, 0.25) is 0 Å². The quantitative estimate of drug-likeness (QED) is 0.795. The Labute approximate surface area is 119 Å². The maximum atomic E-state index is 11.6. The van der Waals surface area contributed by atoms with Gasteiger partial charge in [-0.05, 0) is 31.7 Å². The van der Waals surface area contributed by atoms with Crippen molar-refractivity contribution in [3.63, 3.8) is 0 Å². The number of rotatable bonds is 8. The average molecular weight is 279 g/mol. The number of ether oxygens (including phenoxy) is 1. The number of thioether (sulfide) groups is 1. The van der Waals surface area contributed by atoms with Crippen LogP contribution in [-0.2, 0) is 10.5 Å². The van der Waals surface area contributed by atoms with Crippen molar-refractivity contribution < 1.29 is 9.53 Å². The van der Waals surface area contributed by atoms with Crippen LogP contribution in [0.1, 0.15) is 25.3 Å². The molecule has 0 atom stereocenters. The molecule has 0 bridgehead atoms. The van der Waals surface area contributed by atoms with Crippen molar-refractivity contribution in [2.45, 2.75) is 25.5 Å². The van der Waals surface area contributed by atoms with Gasteiger partial charge in [0.05, 0.1) is 12.4 Å². The molecular formula is C15H21NO2S. The van der Waals surface area contributed by atoms with Crippen LogP contribution in [0.5, 0.6) is 5.75 Å². The standard InChI is InChI=1S/C15H21NO2S/c1-2-18-14-6-4-3-5-13(14)10-19-11-15(17)16-9-12-7-8-12/h3-6,12H,2,7-11H2,1H3,(H,16,17). The summed E-state index contributed by atoms with van der Waals surface area (Å²) in [6.07, 6.45) is 2.55. The second-order valence-electron chi connectivity index (χ2n) is 4.78. The molecule has 0 unspecified atom stereocenters. The first-order valence-electron chi connectivity index (χ1n) is 6.84. The fourth-order valence-corrected chi connectivity index (χ4v) is 2.65. The van der Waals surface area contributed by atoms with Crippen molar-refractivity contribution in [1.29, 1.82) is 0 Å². The highest BCUT2D eigenvalue weighted by Crippen LogP contribution is 2.27. The predicted octanol–water partition coefficient (Wildman–Crippen LogP) is 2.84. The predicted molar refractivity (Wildman–Crippen MR) is 79.5 cm³/mol. The van der Waals surface area contributed by atoms with Crippen LogP contribution in [0, 0.1) is 5.92 Å². The van der Waals surface area contributed by atoms with Gasteiger partial charge in [-0.3, -0.25) is 4.79 Å². The van der Waals surface area contributed by atoms with Crippen LogP contribution in [-0.4, -0.2) is 24.8 Å². The Morgan fingerprint density at radius 3 is 2.95 bits per heavy atom. The summed E-state index contributed by atoms with van der Waals surface area (Å²) in [5, 5.41) is 2.98. The zero-order valence-electron chi connectivity index (χ0n) is 11.4. The average Bonchev–Trinajstić information content (AvgIpc) is 3.23. The molecule has 4 heteroatoms. The van der Waals surface area contributed by atoms with Gasteiger partial charge < -0.3 is 10.1 Å². The van der Waals surface area contributed by atoms with Gasteiger partial charge in [0.2, 0.25) is 5.91 Å². The van der Waals surface area contributed by atoms with Gasteiger partial charge in [0.15, 0.2) is 0 Å². The first-order chi connectivity index (χ1) is 9.29. The van der Waals surface area contributed by atoms with Crippen molar-refractivity contribution >= 4 is 17.7 Å². The molecule has 0 spiro atoms. The van der Waals surface area contributed by atoms with Gasteiger partial charge in [0.1, 0.15) is 5.75 Å². The molecule has 3 nitrogen and oxygen atoms in total. The second-order valence-corrected chi connectivity index (χ2v) is 5.77. The van der Waals surface area contributed by atoms with E-state index in [4.69, 9.17) is 4.74 Å². The lowest BCUT2D eigenvalue weighted by Crippen LogP contribution is -2.27. The fraction of sp³-hybridized carbons (Fsp3) is 0.533. The number of hydrogen-bond donors (Lipinski definition) is 1. The van der Waals surface area contributed by atoms with Crippen LogP contribution < -0.4 is 10.1 Å². The van der Waals surface area contributed by atoms with Gasteiger partial charge in [0, 0.05) is 17.9 Å². The van der Waals surface area contributed by atoms with E-state index in [1.165, 1.54) is 12.8 Å². The summed E-state index contributed by atoms with van der Waals surface area (Å²) in [7, 11) is 0. The molecule has 0 radical (unpaired) electrons. The number of para-hydroxylation sites is 1.